The first kappa shape index (κ1) is 16.3. The van der Waals surface area contributed by atoms with E-state index in [9.17, 15) is 4.39 Å². The lowest BCUT2D eigenvalue weighted by Gasteiger charge is -2.18. The third-order valence-electron chi connectivity index (χ3n) is 3.13. The first-order valence-corrected chi connectivity index (χ1v) is 7.55. The lowest BCUT2D eigenvalue weighted by atomic mass is 9.98. The standard InChI is InChI=1S/C15H14ClFINO2/c1-20-13-6-9(11(17)7-14(13)21-2)15(19)10-5-8(16)3-4-12(10)18/h3-7,15H,19H2,1-2H3. The van der Waals surface area contributed by atoms with Gasteiger partial charge in [-0.1, -0.05) is 11.6 Å². The van der Waals surface area contributed by atoms with E-state index in [-0.39, 0.29) is 0 Å². The van der Waals surface area contributed by atoms with Gasteiger partial charge in [0.2, 0.25) is 0 Å². The highest BCUT2D eigenvalue weighted by molar-refractivity contribution is 14.1. The van der Waals surface area contributed by atoms with Crippen LogP contribution in [0.15, 0.2) is 30.3 Å². The molecule has 1 unspecified atom stereocenters. The van der Waals surface area contributed by atoms with E-state index >= 15 is 0 Å². The summed E-state index contributed by atoms with van der Waals surface area (Å²) in [5.74, 6) is 0.309. The van der Waals surface area contributed by atoms with Gasteiger partial charge in [0, 0.05) is 20.2 Å². The lowest BCUT2D eigenvalue weighted by molar-refractivity contribution is 0.351. The second-order valence-electron chi connectivity index (χ2n) is 4.37. The molecule has 0 aliphatic carbocycles. The molecule has 0 bridgehead atoms. The number of hydrogen-bond donors (Lipinski definition) is 1. The second-order valence-corrected chi connectivity index (χ2v) is 5.97. The largest absolute Gasteiger partial charge is 0.493 e. The first-order chi connectivity index (χ1) is 9.97. The minimum atomic E-state index is -0.643. The van der Waals surface area contributed by atoms with Crippen LogP contribution in [0.3, 0.4) is 0 Å². The minimum absolute atomic E-state index is 0.326. The number of ether oxygens (including phenoxy) is 2. The molecule has 0 amide bonds. The van der Waals surface area contributed by atoms with Crippen molar-refractivity contribution in [1.82, 2.24) is 0 Å². The molecule has 0 saturated heterocycles. The predicted molar refractivity (Wildman–Crippen MR) is 89.7 cm³/mol. The molecular formula is C15H14ClFINO2. The number of hydrogen-bond acceptors (Lipinski definition) is 3. The normalized spacial score (nSPS) is 12.1. The molecule has 0 saturated carbocycles. The summed E-state index contributed by atoms with van der Waals surface area (Å²) in [5, 5.41) is 0.557. The molecule has 2 rings (SSSR count). The zero-order chi connectivity index (χ0) is 15.6. The zero-order valence-corrected chi connectivity index (χ0v) is 14.4. The second kappa shape index (κ2) is 6.81. The molecule has 0 fully saturated rings. The van der Waals surface area contributed by atoms with Gasteiger partial charge < -0.3 is 15.2 Å². The van der Waals surface area contributed by atoms with Crippen LogP contribution >= 0.6 is 34.2 Å². The molecule has 2 aromatic carbocycles. The van der Waals surface area contributed by atoms with Crippen LogP contribution < -0.4 is 15.2 Å². The Morgan fingerprint density at radius 3 is 2.33 bits per heavy atom. The Kier molecular flexibility index (Phi) is 5.29. The smallest absolute Gasteiger partial charge is 0.163 e. The van der Waals surface area contributed by atoms with E-state index in [1.54, 1.807) is 18.2 Å². The van der Waals surface area contributed by atoms with Gasteiger partial charge in [-0.2, -0.15) is 0 Å². The van der Waals surface area contributed by atoms with Crippen LogP contribution in [0, 0.1) is 9.39 Å². The Morgan fingerprint density at radius 1 is 1.10 bits per heavy atom. The fraction of sp³-hybridized carbons (Fsp3) is 0.200. The van der Waals surface area contributed by atoms with E-state index in [0.29, 0.717) is 22.1 Å². The van der Waals surface area contributed by atoms with Gasteiger partial charge in [-0.15, -0.1) is 0 Å². The Hall–Kier alpha value is -1.05. The highest BCUT2D eigenvalue weighted by Gasteiger charge is 2.20. The fourth-order valence-electron chi connectivity index (χ4n) is 2.03. The molecule has 2 N–H and O–H groups in total. The quantitative estimate of drug-likeness (QED) is 0.755. The Bertz CT molecular complexity index is 666. The topological polar surface area (TPSA) is 44.5 Å². The molecule has 0 radical (unpaired) electrons. The monoisotopic (exact) mass is 421 g/mol. The van der Waals surface area contributed by atoms with E-state index in [0.717, 1.165) is 9.13 Å². The lowest BCUT2D eigenvalue weighted by Crippen LogP contribution is -2.15. The van der Waals surface area contributed by atoms with E-state index in [2.05, 4.69) is 22.6 Å². The van der Waals surface area contributed by atoms with Crippen molar-refractivity contribution < 1.29 is 13.9 Å². The molecular weight excluding hydrogens is 408 g/mol. The van der Waals surface area contributed by atoms with Crippen molar-refractivity contribution in [2.45, 2.75) is 6.04 Å². The van der Waals surface area contributed by atoms with Gasteiger partial charge in [-0.3, -0.25) is 0 Å². The molecule has 21 heavy (non-hydrogen) atoms. The average Bonchev–Trinajstić information content (AvgIpc) is 2.48. The average molecular weight is 422 g/mol. The number of nitrogens with two attached hydrogens (primary N) is 1. The van der Waals surface area contributed by atoms with E-state index in [1.165, 1.54) is 20.3 Å². The first-order valence-electron chi connectivity index (χ1n) is 6.10. The van der Waals surface area contributed by atoms with Crippen molar-refractivity contribution in [2.24, 2.45) is 5.73 Å². The summed E-state index contributed by atoms with van der Waals surface area (Å²) in [6, 6.07) is 7.53. The van der Waals surface area contributed by atoms with Crippen LogP contribution in [0.2, 0.25) is 5.02 Å². The maximum Gasteiger partial charge on any atom is 0.163 e. The zero-order valence-electron chi connectivity index (χ0n) is 11.5. The van der Waals surface area contributed by atoms with Crippen LogP contribution in [0.5, 0.6) is 11.5 Å². The SMILES string of the molecule is COc1cc(F)c(C(N)c2cc(Cl)ccc2I)cc1OC. The van der Waals surface area contributed by atoms with Crippen LogP contribution in [-0.4, -0.2) is 14.2 Å². The van der Waals surface area contributed by atoms with Gasteiger partial charge in [-0.25, -0.2) is 4.39 Å². The Morgan fingerprint density at radius 2 is 1.71 bits per heavy atom. The molecule has 2 aromatic rings. The fourth-order valence-corrected chi connectivity index (χ4v) is 2.88. The molecule has 112 valence electrons. The van der Waals surface area contributed by atoms with E-state index in [1.807, 2.05) is 6.07 Å². The third kappa shape index (κ3) is 3.41. The molecule has 0 heterocycles. The maximum atomic E-state index is 14.3. The molecule has 6 heteroatoms. The highest BCUT2D eigenvalue weighted by Crippen LogP contribution is 2.35. The molecule has 0 aromatic heterocycles. The Labute approximate surface area is 141 Å². The van der Waals surface area contributed by atoms with Gasteiger partial charge in [-0.05, 0) is 52.4 Å². The molecule has 0 aliphatic rings. The van der Waals surface area contributed by atoms with Crippen LogP contribution in [0.1, 0.15) is 17.2 Å². The van der Waals surface area contributed by atoms with Crippen LogP contribution in [0.4, 0.5) is 4.39 Å². The van der Waals surface area contributed by atoms with Gasteiger partial charge >= 0.3 is 0 Å². The molecule has 3 nitrogen and oxygen atoms in total. The van der Waals surface area contributed by atoms with Crippen molar-refractivity contribution in [3.8, 4) is 11.5 Å². The summed E-state index contributed by atoms with van der Waals surface area (Å²) in [7, 11) is 2.95. The van der Waals surface area contributed by atoms with Crippen molar-refractivity contribution in [1.29, 1.82) is 0 Å². The number of halogens is 3. The van der Waals surface area contributed by atoms with Crippen molar-refractivity contribution in [2.75, 3.05) is 14.2 Å². The number of benzene rings is 2. The summed E-state index contributed by atoms with van der Waals surface area (Å²) < 4.78 is 25.5. The molecule has 0 aliphatic heterocycles. The van der Waals surface area contributed by atoms with Gasteiger partial charge in [0.05, 0.1) is 20.3 Å². The van der Waals surface area contributed by atoms with E-state index < -0.39 is 11.9 Å². The summed E-state index contributed by atoms with van der Waals surface area (Å²) in [6.45, 7) is 0. The summed E-state index contributed by atoms with van der Waals surface area (Å²) >= 11 is 8.14. The van der Waals surface area contributed by atoms with E-state index in [4.69, 9.17) is 26.8 Å². The molecule has 1 atom stereocenters. The van der Waals surface area contributed by atoms with Gasteiger partial charge in [0.15, 0.2) is 11.5 Å². The van der Waals surface area contributed by atoms with Crippen molar-refractivity contribution >= 4 is 34.2 Å². The minimum Gasteiger partial charge on any atom is -0.493 e. The van der Waals surface area contributed by atoms with Gasteiger partial charge in [0.1, 0.15) is 5.82 Å². The number of methoxy groups -OCH3 is 2. The van der Waals surface area contributed by atoms with Crippen LogP contribution in [-0.2, 0) is 0 Å². The summed E-state index contributed by atoms with van der Waals surface area (Å²) in [6.07, 6.45) is 0. The van der Waals surface area contributed by atoms with Crippen LogP contribution in [0.25, 0.3) is 0 Å². The molecule has 0 spiro atoms. The number of rotatable bonds is 4. The third-order valence-corrected chi connectivity index (χ3v) is 4.35. The summed E-state index contributed by atoms with van der Waals surface area (Å²) in [4.78, 5) is 0. The predicted octanol–water partition coefficient (Wildman–Crippen LogP) is 4.15. The maximum absolute atomic E-state index is 14.3. The van der Waals surface area contributed by atoms with Crippen molar-refractivity contribution in [3.05, 3.63) is 55.9 Å². The van der Waals surface area contributed by atoms with Crippen molar-refractivity contribution in [3.63, 3.8) is 0 Å². The summed E-state index contributed by atoms with van der Waals surface area (Å²) in [5.41, 5.74) is 7.29. The Balaban J connectivity index is 2.52. The van der Waals surface area contributed by atoms with Gasteiger partial charge in [0.25, 0.3) is 0 Å². The highest BCUT2D eigenvalue weighted by atomic mass is 127.